The van der Waals surface area contributed by atoms with E-state index in [1.165, 1.54) is 18.4 Å². The van der Waals surface area contributed by atoms with Gasteiger partial charge in [0.15, 0.2) is 0 Å². The van der Waals surface area contributed by atoms with E-state index in [9.17, 15) is 4.79 Å². The number of carbonyl (C=O) groups excluding carboxylic acids is 1. The van der Waals surface area contributed by atoms with Crippen molar-refractivity contribution in [3.05, 3.63) is 32.8 Å². The average Bonchev–Trinajstić information content (AvgIpc) is 3.19. The van der Waals surface area contributed by atoms with Crippen LogP contribution in [0.5, 0.6) is 0 Å². The monoisotopic (exact) mass is 482 g/mol. The van der Waals surface area contributed by atoms with Gasteiger partial charge in [0.1, 0.15) is 9.52 Å². The molecule has 1 aliphatic rings. The summed E-state index contributed by atoms with van der Waals surface area (Å²) < 4.78 is 7.85. The second-order valence-electron chi connectivity index (χ2n) is 7.51. The Hall–Kier alpha value is -1.64. The van der Waals surface area contributed by atoms with E-state index in [-0.39, 0.29) is 5.97 Å². The van der Waals surface area contributed by atoms with Gasteiger partial charge in [-0.15, -0.1) is 0 Å². The highest BCUT2D eigenvalue weighted by Crippen LogP contribution is 2.29. The maximum Gasteiger partial charge on any atom is 0.305 e. The standard InChI is InChI=1S/C20H27IN4O2/c1-12(2)19-14(4)25(23-20(19)21)16-6-7-17(22-13(16)3)24-9-8-15(11-24)10-18(26)27-5/h6-7,12,15H,8-11H2,1-5H3/t15-/m0/s1. The van der Waals surface area contributed by atoms with E-state index < -0.39 is 0 Å². The van der Waals surface area contributed by atoms with Gasteiger partial charge in [-0.25, -0.2) is 9.67 Å². The Morgan fingerprint density at radius 1 is 1.37 bits per heavy atom. The fraction of sp³-hybridized carbons (Fsp3) is 0.550. The van der Waals surface area contributed by atoms with Gasteiger partial charge in [0.05, 0.1) is 24.9 Å². The second-order valence-corrected chi connectivity index (χ2v) is 8.53. The number of nitrogens with zero attached hydrogens (tertiary/aromatic N) is 4. The van der Waals surface area contributed by atoms with Crippen LogP contribution in [0.3, 0.4) is 0 Å². The van der Waals surface area contributed by atoms with Crippen LogP contribution in [0.4, 0.5) is 5.82 Å². The third-order valence-electron chi connectivity index (χ3n) is 5.26. The van der Waals surface area contributed by atoms with Crippen molar-refractivity contribution in [3.8, 4) is 5.69 Å². The van der Waals surface area contributed by atoms with Crippen LogP contribution >= 0.6 is 22.6 Å². The van der Waals surface area contributed by atoms with Gasteiger partial charge in [-0.1, -0.05) is 13.8 Å². The molecule has 0 saturated carbocycles. The van der Waals surface area contributed by atoms with Crippen LogP contribution in [-0.2, 0) is 9.53 Å². The van der Waals surface area contributed by atoms with Crippen LogP contribution in [0, 0.1) is 23.5 Å². The Labute approximate surface area is 174 Å². The topological polar surface area (TPSA) is 60.2 Å². The van der Waals surface area contributed by atoms with Crippen molar-refractivity contribution in [1.29, 1.82) is 0 Å². The van der Waals surface area contributed by atoms with E-state index in [0.717, 1.165) is 40.4 Å². The lowest BCUT2D eigenvalue weighted by Crippen LogP contribution is -2.22. The van der Waals surface area contributed by atoms with Crippen LogP contribution in [0.25, 0.3) is 5.69 Å². The molecule has 1 saturated heterocycles. The smallest absolute Gasteiger partial charge is 0.305 e. The van der Waals surface area contributed by atoms with Crippen molar-refractivity contribution >= 4 is 34.4 Å². The average molecular weight is 482 g/mol. The first-order valence-corrected chi connectivity index (χ1v) is 10.4. The number of hydrogen-bond donors (Lipinski definition) is 0. The molecule has 0 N–H and O–H groups in total. The molecule has 3 heterocycles. The number of rotatable bonds is 5. The van der Waals surface area contributed by atoms with E-state index in [1.54, 1.807) is 0 Å². The first-order chi connectivity index (χ1) is 12.8. The lowest BCUT2D eigenvalue weighted by Gasteiger charge is -2.19. The third kappa shape index (κ3) is 4.12. The number of methoxy groups -OCH3 is 1. The quantitative estimate of drug-likeness (QED) is 0.477. The summed E-state index contributed by atoms with van der Waals surface area (Å²) >= 11 is 2.31. The molecule has 0 unspecified atom stereocenters. The van der Waals surface area contributed by atoms with E-state index in [4.69, 9.17) is 14.8 Å². The molecule has 0 aromatic carbocycles. The SMILES string of the molecule is COC(=O)C[C@@H]1CCN(c2ccc(-n3nc(I)c(C(C)C)c3C)c(C)n2)C1. The summed E-state index contributed by atoms with van der Waals surface area (Å²) in [4.78, 5) is 18.6. The van der Waals surface area contributed by atoms with Crippen LogP contribution in [0.2, 0.25) is 0 Å². The summed E-state index contributed by atoms with van der Waals surface area (Å²) in [5.74, 6) is 1.61. The molecule has 1 aliphatic heterocycles. The molecular weight excluding hydrogens is 455 g/mol. The number of hydrogen-bond acceptors (Lipinski definition) is 5. The molecule has 2 aromatic rings. The van der Waals surface area contributed by atoms with Crippen molar-refractivity contribution in [2.45, 2.75) is 46.5 Å². The van der Waals surface area contributed by atoms with E-state index >= 15 is 0 Å². The molecule has 3 rings (SSSR count). The van der Waals surface area contributed by atoms with Gasteiger partial charge in [-0.2, -0.15) is 5.10 Å². The number of pyridine rings is 1. The van der Waals surface area contributed by atoms with Crippen LogP contribution < -0.4 is 4.90 Å². The van der Waals surface area contributed by atoms with E-state index in [2.05, 4.69) is 60.4 Å². The fourth-order valence-corrected chi connectivity index (χ4v) is 5.07. The van der Waals surface area contributed by atoms with Crippen molar-refractivity contribution < 1.29 is 9.53 Å². The maximum atomic E-state index is 11.5. The van der Waals surface area contributed by atoms with Gasteiger partial charge >= 0.3 is 5.97 Å². The van der Waals surface area contributed by atoms with Crippen LogP contribution in [0.1, 0.15) is 49.6 Å². The number of anilines is 1. The van der Waals surface area contributed by atoms with Crippen molar-refractivity contribution in [3.63, 3.8) is 0 Å². The molecule has 7 heteroatoms. The summed E-state index contributed by atoms with van der Waals surface area (Å²) in [5, 5.41) is 4.74. The van der Waals surface area contributed by atoms with Gasteiger partial charge in [-0.05, 0) is 66.8 Å². The Morgan fingerprint density at radius 3 is 2.70 bits per heavy atom. The number of carbonyl (C=O) groups is 1. The highest BCUT2D eigenvalue weighted by atomic mass is 127. The molecule has 6 nitrogen and oxygen atoms in total. The lowest BCUT2D eigenvalue weighted by atomic mass is 10.1. The number of aryl methyl sites for hydroxylation is 1. The maximum absolute atomic E-state index is 11.5. The number of aromatic nitrogens is 3. The Morgan fingerprint density at radius 2 is 2.11 bits per heavy atom. The van der Waals surface area contributed by atoms with Crippen molar-refractivity contribution in [2.75, 3.05) is 25.1 Å². The number of ether oxygens (including phenoxy) is 1. The van der Waals surface area contributed by atoms with Crippen LogP contribution in [-0.4, -0.2) is 40.9 Å². The zero-order chi connectivity index (χ0) is 19.7. The lowest BCUT2D eigenvalue weighted by molar-refractivity contribution is -0.141. The molecule has 0 amide bonds. The molecule has 146 valence electrons. The third-order valence-corrected chi connectivity index (χ3v) is 6.06. The van der Waals surface area contributed by atoms with Crippen molar-refractivity contribution in [2.24, 2.45) is 5.92 Å². The fourth-order valence-electron chi connectivity index (χ4n) is 3.84. The highest BCUT2D eigenvalue weighted by molar-refractivity contribution is 14.1. The minimum atomic E-state index is -0.133. The number of halogens is 1. The van der Waals surface area contributed by atoms with Gasteiger partial charge in [0, 0.05) is 24.3 Å². The van der Waals surface area contributed by atoms with Crippen LogP contribution in [0.15, 0.2) is 12.1 Å². The summed E-state index contributed by atoms with van der Waals surface area (Å²) in [6, 6.07) is 4.16. The minimum Gasteiger partial charge on any atom is -0.469 e. The predicted octanol–water partition coefficient (Wildman–Crippen LogP) is 4.00. The van der Waals surface area contributed by atoms with Gasteiger partial charge in [0.25, 0.3) is 0 Å². The molecule has 1 fully saturated rings. The molecule has 0 aliphatic carbocycles. The predicted molar refractivity (Wildman–Crippen MR) is 115 cm³/mol. The minimum absolute atomic E-state index is 0.133. The molecule has 2 aromatic heterocycles. The zero-order valence-corrected chi connectivity index (χ0v) is 18.8. The molecule has 0 bridgehead atoms. The van der Waals surface area contributed by atoms with E-state index in [1.807, 2.05) is 11.6 Å². The largest absolute Gasteiger partial charge is 0.469 e. The second kappa shape index (κ2) is 8.16. The Balaban J connectivity index is 1.81. The highest BCUT2D eigenvalue weighted by Gasteiger charge is 2.26. The van der Waals surface area contributed by atoms with Crippen molar-refractivity contribution in [1.82, 2.24) is 14.8 Å². The molecular formula is C20H27IN4O2. The van der Waals surface area contributed by atoms with Gasteiger partial charge in [0.2, 0.25) is 0 Å². The van der Waals surface area contributed by atoms with Gasteiger partial charge in [-0.3, -0.25) is 4.79 Å². The number of esters is 1. The summed E-state index contributed by atoms with van der Waals surface area (Å²) in [6.45, 7) is 10.3. The zero-order valence-electron chi connectivity index (χ0n) is 16.6. The normalized spacial score (nSPS) is 17.0. The molecule has 1 atom stereocenters. The summed E-state index contributed by atoms with van der Waals surface area (Å²) in [6.07, 6.45) is 1.47. The molecule has 0 radical (unpaired) electrons. The Kier molecular flexibility index (Phi) is 6.08. The summed E-state index contributed by atoms with van der Waals surface area (Å²) in [7, 11) is 1.45. The van der Waals surface area contributed by atoms with E-state index in [0.29, 0.717) is 18.3 Å². The molecule has 27 heavy (non-hydrogen) atoms. The first kappa shape index (κ1) is 20.1. The van der Waals surface area contributed by atoms with Gasteiger partial charge < -0.3 is 9.64 Å². The Bertz CT molecular complexity index is 847. The summed E-state index contributed by atoms with van der Waals surface area (Å²) in [5.41, 5.74) is 4.45. The molecule has 0 spiro atoms. The first-order valence-electron chi connectivity index (χ1n) is 9.36.